The zero-order chi connectivity index (χ0) is 21.3. The Morgan fingerprint density at radius 3 is 2.45 bits per heavy atom. The van der Waals surface area contributed by atoms with Crippen LogP contribution < -0.4 is 10.6 Å². The summed E-state index contributed by atoms with van der Waals surface area (Å²) in [4.78, 5) is 25.5. The summed E-state index contributed by atoms with van der Waals surface area (Å²) in [5.41, 5.74) is 1.52. The van der Waals surface area contributed by atoms with Crippen LogP contribution in [0.25, 0.3) is 0 Å². The minimum absolute atomic E-state index is 0.0846. The molecule has 2 rings (SSSR count). The molecule has 0 heterocycles. The smallest absolute Gasteiger partial charge is 0.252 e. The Balaban J connectivity index is 1.96. The first kappa shape index (κ1) is 23.4. The lowest BCUT2D eigenvalue weighted by Crippen LogP contribution is -2.36. The molecule has 0 aromatic heterocycles. The second-order valence-corrected chi connectivity index (χ2v) is 9.13. The van der Waals surface area contributed by atoms with Gasteiger partial charge in [-0.1, -0.05) is 54.0 Å². The second kappa shape index (κ2) is 11.4. The third-order valence-electron chi connectivity index (χ3n) is 4.44. The van der Waals surface area contributed by atoms with Gasteiger partial charge in [0.1, 0.15) is 0 Å². The van der Waals surface area contributed by atoms with E-state index < -0.39 is 0 Å². The molecule has 0 aliphatic rings. The van der Waals surface area contributed by atoms with Crippen molar-refractivity contribution in [2.45, 2.75) is 24.2 Å². The van der Waals surface area contributed by atoms with Crippen LogP contribution in [0.1, 0.15) is 29.8 Å². The number of thioether (sulfide) groups is 1. The number of hydrogen-bond donors (Lipinski definition) is 2. The number of rotatable bonds is 10. The minimum Gasteiger partial charge on any atom is -0.383 e. The number of nitrogens with one attached hydrogen (secondary N) is 2. The van der Waals surface area contributed by atoms with Crippen LogP contribution in [-0.2, 0) is 14.9 Å². The fourth-order valence-electron chi connectivity index (χ4n) is 2.67. The zero-order valence-electron chi connectivity index (χ0n) is 17.0. The van der Waals surface area contributed by atoms with Gasteiger partial charge in [0.05, 0.1) is 17.9 Å². The molecule has 29 heavy (non-hydrogen) atoms. The lowest BCUT2D eigenvalue weighted by atomic mass is 9.84. The van der Waals surface area contributed by atoms with E-state index in [9.17, 15) is 9.59 Å². The standard InChI is InChI=1S/C22H27BrN2O3S/c1-22(2,16-8-10-17(23)11-9-16)15-25-21(27)18-6-4-5-7-19(18)29-14-20(26)24-12-13-28-3/h4-11H,12-15H2,1-3H3,(H,24,26)(H,25,27). The number of amides is 2. The minimum atomic E-state index is -0.209. The molecular formula is C22H27BrN2O3S. The van der Waals surface area contributed by atoms with Gasteiger partial charge in [0, 0.05) is 35.0 Å². The Kier molecular flexibility index (Phi) is 9.20. The summed E-state index contributed by atoms with van der Waals surface area (Å²) in [6.07, 6.45) is 0. The van der Waals surface area contributed by atoms with Gasteiger partial charge in [-0.05, 0) is 29.8 Å². The van der Waals surface area contributed by atoms with E-state index in [4.69, 9.17) is 4.74 Å². The van der Waals surface area contributed by atoms with Crippen molar-refractivity contribution in [2.75, 3.05) is 32.6 Å². The summed E-state index contributed by atoms with van der Waals surface area (Å²) in [7, 11) is 1.59. The highest BCUT2D eigenvalue weighted by Crippen LogP contribution is 2.25. The molecular weight excluding hydrogens is 452 g/mol. The fraction of sp³-hybridized carbons (Fsp3) is 0.364. The predicted octanol–water partition coefficient (Wildman–Crippen LogP) is 4.01. The normalized spacial score (nSPS) is 11.2. The van der Waals surface area contributed by atoms with Crippen molar-refractivity contribution in [1.29, 1.82) is 0 Å². The molecule has 0 saturated carbocycles. The van der Waals surface area contributed by atoms with Gasteiger partial charge in [0.25, 0.3) is 5.91 Å². The molecule has 0 saturated heterocycles. The van der Waals surface area contributed by atoms with Crippen LogP contribution in [-0.4, -0.2) is 44.4 Å². The Labute approximate surface area is 185 Å². The van der Waals surface area contributed by atoms with Crippen LogP contribution in [0.5, 0.6) is 0 Å². The predicted molar refractivity (Wildman–Crippen MR) is 122 cm³/mol. The molecule has 0 bridgehead atoms. The maximum Gasteiger partial charge on any atom is 0.252 e. The molecule has 0 spiro atoms. The summed E-state index contributed by atoms with van der Waals surface area (Å²) in [5, 5.41) is 5.82. The van der Waals surface area contributed by atoms with Crippen molar-refractivity contribution in [3.63, 3.8) is 0 Å². The molecule has 5 nitrogen and oxygen atoms in total. The summed E-state index contributed by atoms with van der Waals surface area (Å²) >= 11 is 4.80. The van der Waals surface area contributed by atoms with Crippen LogP contribution >= 0.6 is 27.7 Å². The highest BCUT2D eigenvalue weighted by Gasteiger charge is 2.22. The molecule has 7 heteroatoms. The molecule has 0 radical (unpaired) electrons. The van der Waals surface area contributed by atoms with Crippen molar-refractivity contribution in [3.8, 4) is 0 Å². The number of benzene rings is 2. The molecule has 0 unspecified atom stereocenters. The van der Waals surface area contributed by atoms with Crippen LogP contribution in [0.15, 0.2) is 57.9 Å². The third kappa shape index (κ3) is 7.49. The van der Waals surface area contributed by atoms with Gasteiger partial charge in [0.2, 0.25) is 5.91 Å². The largest absolute Gasteiger partial charge is 0.383 e. The van der Waals surface area contributed by atoms with E-state index in [0.29, 0.717) is 25.3 Å². The highest BCUT2D eigenvalue weighted by atomic mass is 79.9. The molecule has 156 valence electrons. The summed E-state index contributed by atoms with van der Waals surface area (Å²) in [6, 6.07) is 15.5. The highest BCUT2D eigenvalue weighted by molar-refractivity contribution is 9.10. The topological polar surface area (TPSA) is 67.4 Å². The maximum absolute atomic E-state index is 12.8. The Morgan fingerprint density at radius 2 is 1.76 bits per heavy atom. The summed E-state index contributed by atoms with van der Waals surface area (Å²) in [5.74, 6) is 0.0231. The summed E-state index contributed by atoms with van der Waals surface area (Å²) in [6.45, 7) is 5.65. The lowest BCUT2D eigenvalue weighted by Gasteiger charge is -2.26. The van der Waals surface area contributed by atoms with E-state index >= 15 is 0 Å². The van der Waals surface area contributed by atoms with E-state index in [-0.39, 0.29) is 23.0 Å². The monoisotopic (exact) mass is 478 g/mol. The molecule has 0 atom stereocenters. The molecule has 2 aromatic rings. The number of carbonyl (C=O) groups excluding carboxylic acids is 2. The molecule has 2 N–H and O–H groups in total. The number of halogens is 1. The molecule has 0 aliphatic carbocycles. The van der Waals surface area contributed by atoms with Gasteiger partial charge >= 0.3 is 0 Å². The van der Waals surface area contributed by atoms with Crippen molar-refractivity contribution in [1.82, 2.24) is 10.6 Å². The SMILES string of the molecule is COCCNC(=O)CSc1ccccc1C(=O)NCC(C)(C)c1ccc(Br)cc1. The number of methoxy groups -OCH3 is 1. The first-order valence-corrected chi connectivity index (χ1v) is 11.1. The van der Waals surface area contributed by atoms with E-state index in [2.05, 4.69) is 52.5 Å². The quantitative estimate of drug-likeness (QED) is 0.399. The number of carbonyl (C=O) groups is 2. The van der Waals surface area contributed by atoms with Crippen molar-refractivity contribution in [3.05, 3.63) is 64.1 Å². The number of ether oxygens (including phenoxy) is 1. The van der Waals surface area contributed by atoms with Gasteiger partial charge in [0.15, 0.2) is 0 Å². The summed E-state index contributed by atoms with van der Waals surface area (Å²) < 4.78 is 5.95. The Hall–Kier alpha value is -1.83. The van der Waals surface area contributed by atoms with Crippen LogP contribution in [0.2, 0.25) is 0 Å². The van der Waals surface area contributed by atoms with E-state index in [1.54, 1.807) is 13.2 Å². The fourth-order valence-corrected chi connectivity index (χ4v) is 3.81. The van der Waals surface area contributed by atoms with Gasteiger partial charge < -0.3 is 15.4 Å². The second-order valence-electron chi connectivity index (χ2n) is 7.20. The zero-order valence-corrected chi connectivity index (χ0v) is 19.4. The Bertz CT molecular complexity index is 825. The first-order valence-electron chi connectivity index (χ1n) is 9.35. The van der Waals surface area contributed by atoms with Gasteiger partial charge in [-0.15, -0.1) is 11.8 Å². The van der Waals surface area contributed by atoms with Gasteiger partial charge in [-0.2, -0.15) is 0 Å². The van der Waals surface area contributed by atoms with Gasteiger partial charge in [-0.3, -0.25) is 9.59 Å². The average molecular weight is 479 g/mol. The first-order chi connectivity index (χ1) is 13.8. The Morgan fingerprint density at radius 1 is 1.07 bits per heavy atom. The maximum atomic E-state index is 12.8. The van der Waals surface area contributed by atoms with E-state index in [0.717, 1.165) is 14.9 Å². The molecule has 2 aromatic carbocycles. The van der Waals surface area contributed by atoms with Gasteiger partial charge in [-0.25, -0.2) is 0 Å². The number of hydrogen-bond acceptors (Lipinski definition) is 4. The molecule has 2 amide bonds. The van der Waals surface area contributed by atoms with Crippen molar-refractivity contribution >= 4 is 39.5 Å². The third-order valence-corrected chi connectivity index (χ3v) is 6.04. The lowest BCUT2D eigenvalue weighted by molar-refractivity contribution is -0.118. The molecule has 0 fully saturated rings. The van der Waals surface area contributed by atoms with Crippen molar-refractivity contribution in [2.24, 2.45) is 0 Å². The van der Waals surface area contributed by atoms with Crippen LogP contribution in [0, 0.1) is 0 Å². The molecule has 0 aliphatic heterocycles. The van der Waals surface area contributed by atoms with Crippen LogP contribution in [0.3, 0.4) is 0 Å². The van der Waals surface area contributed by atoms with E-state index in [1.807, 2.05) is 30.3 Å². The van der Waals surface area contributed by atoms with E-state index in [1.165, 1.54) is 11.8 Å². The van der Waals surface area contributed by atoms with Crippen LogP contribution in [0.4, 0.5) is 0 Å². The van der Waals surface area contributed by atoms with Crippen molar-refractivity contribution < 1.29 is 14.3 Å². The average Bonchev–Trinajstić information content (AvgIpc) is 2.71.